The van der Waals surface area contributed by atoms with Gasteiger partial charge in [-0.05, 0) is 33.8 Å². The number of allylic oxidation sites excluding steroid dienone is 1. The minimum absolute atomic E-state index is 0.135. The zero-order valence-electron chi connectivity index (χ0n) is 18.2. The van der Waals surface area contributed by atoms with Crippen LogP contribution in [-0.2, 0) is 33.4 Å². The molecule has 3 rings (SSSR count). The van der Waals surface area contributed by atoms with E-state index in [-0.39, 0.29) is 17.8 Å². The first-order valence-corrected chi connectivity index (χ1v) is 10.1. The number of carbonyl (C=O) groups is 4. The molecule has 0 spiro atoms. The van der Waals surface area contributed by atoms with Gasteiger partial charge in [-0.2, -0.15) is 0 Å². The maximum absolute atomic E-state index is 13.0. The molecule has 5 unspecified atom stereocenters. The molecular formula is C23H28O7. The van der Waals surface area contributed by atoms with Crippen molar-refractivity contribution in [1.82, 2.24) is 0 Å². The highest BCUT2D eigenvalue weighted by Crippen LogP contribution is 2.51. The van der Waals surface area contributed by atoms with Crippen LogP contribution in [0.4, 0.5) is 0 Å². The van der Waals surface area contributed by atoms with Crippen LogP contribution in [0.1, 0.15) is 48.0 Å². The summed E-state index contributed by atoms with van der Waals surface area (Å²) in [7, 11) is 0. The Hall–Kier alpha value is -2.70. The molecule has 0 radical (unpaired) electrons. The SMILES string of the molecule is C=C(C)C(=O)OC1CC(C)=C2C(=O)C=C(C)C2C2OC(=O)C(C)(OC(=O)C(C)C)C12. The molecule has 30 heavy (non-hydrogen) atoms. The highest BCUT2D eigenvalue weighted by Gasteiger charge is 2.65. The van der Waals surface area contributed by atoms with Crippen LogP contribution in [0.3, 0.4) is 0 Å². The average Bonchev–Trinajstić information content (AvgIpc) is 3.01. The largest absolute Gasteiger partial charge is 0.458 e. The number of fused-ring (bicyclic) bond motifs is 3. The first-order chi connectivity index (χ1) is 13.9. The fourth-order valence-electron chi connectivity index (χ4n) is 4.59. The van der Waals surface area contributed by atoms with Gasteiger partial charge >= 0.3 is 17.9 Å². The van der Waals surface area contributed by atoms with Crippen LogP contribution < -0.4 is 0 Å². The zero-order chi connectivity index (χ0) is 22.5. The third-order valence-electron chi connectivity index (χ3n) is 6.15. The predicted molar refractivity (Wildman–Crippen MR) is 107 cm³/mol. The highest BCUT2D eigenvalue weighted by molar-refractivity contribution is 6.09. The summed E-state index contributed by atoms with van der Waals surface area (Å²) in [5.41, 5.74) is 0.653. The van der Waals surface area contributed by atoms with Gasteiger partial charge in [0.2, 0.25) is 5.60 Å². The van der Waals surface area contributed by atoms with Gasteiger partial charge in [-0.15, -0.1) is 0 Å². The maximum Gasteiger partial charge on any atom is 0.351 e. The van der Waals surface area contributed by atoms with Crippen molar-refractivity contribution in [2.24, 2.45) is 17.8 Å². The number of hydrogen-bond acceptors (Lipinski definition) is 7. The van der Waals surface area contributed by atoms with E-state index >= 15 is 0 Å². The summed E-state index contributed by atoms with van der Waals surface area (Å²) >= 11 is 0. The van der Waals surface area contributed by atoms with Gasteiger partial charge < -0.3 is 14.2 Å². The summed E-state index contributed by atoms with van der Waals surface area (Å²) in [5, 5.41) is 0. The number of carbonyl (C=O) groups excluding carboxylic acids is 4. The van der Waals surface area contributed by atoms with E-state index in [0.29, 0.717) is 5.57 Å². The molecule has 7 heteroatoms. The Kier molecular flexibility index (Phi) is 5.52. The lowest BCUT2D eigenvalue weighted by Gasteiger charge is -2.35. The third-order valence-corrected chi connectivity index (χ3v) is 6.15. The lowest BCUT2D eigenvalue weighted by Crippen LogP contribution is -2.51. The Morgan fingerprint density at radius 3 is 2.47 bits per heavy atom. The molecule has 0 N–H and O–H groups in total. The van der Waals surface area contributed by atoms with E-state index in [1.807, 2.05) is 13.8 Å². The molecule has 5 atom stereocenters. The number of esters is 3. The number of hydrogen-bond donors (Lipinski definition) is 0. The van der Waals surface area contributed by atoms with E-state index in [4.69, 9.17) is 14.2 Å². The fourth-order valence-corrected chi connectivity index (χ4v) is 4.59. The normalized spacial score (nSPS) is 32.8. The lowest BCUT2D eigenvalue weighted by atomic mass is 9.77. The van der Waals surface area contributed by atoms with Crippen molar-refractivity contribution in [3.63, 3.8) is 0 Å². The molecule has 0 aromatic carbocycles. The molecule has 1 heterocycles. The van der Waals surface area contributed by atoms with Crippen molar-refractivity contribution >= 4 is 23.7 Å². The van der Waals surface area contributed by atoms with E-state index in [2.05, 4.69) is 6.58 Å². The predicted octanol–water partition coefficient (Wildman–Crippen LogP) is 2.84. The summed E-state index contributed by atoms with van der Waals surface area (Å²) in [6.07, 6.45) is 0.157. The van der Waals surface area contributed by atoms with Gasteiger partial charge in [-0.25, -0.2) is 9.59 Å². The molecule has 0 bridgehead atoms. The van der Waals surface area contributed by atoms with Crippen LogP contribution in [0.5, 0.6) is 0 Å². The summed E-state index contributed by atoms with van der Waals surface area (Å²) < 4.78 is 17.1. The molecular weight excluding hydrogens is 388 g/mol. The van der Waals surface area contributed by atoms with Crippen LogP contribution in [-0.4, -0.2) is 41.5 Å². The minimum Gasteiger partial charge on any atom is -0.458 e. The molecule has 1 saturated heterocycles. The van der Waals surface area contributed by atoms with Gasteiger partial charge in [0.1, 0.15) is 12.2 Å². The molecule has 3 aliphatic rings. The van der Waals surface area contributed by atoms with E-state index in [9.17, 15) is 19.2 Å². The van der Waals surface area contributed by atoms with Gasteiger partial charge in [0, 0.05) is 23.5 Å². The van der Waals surface area contributed by atoms with Gasteiger partial charge in [-0.3, -0.25) is 9.59 Å². The highest BCUT2D eigenvalue weighted by atomic mass is 16.6. The number of ether oxygens (including phenoxy) is 3. The van der Waals surface area contributed by atoms with Crippen LogP contribution in [0.15, 0.2) is 34.9 Å². The molecule has 2 aliphatic carbocycles. The summed E-state index contributed by atoms with van der Waals surface area (Å²) in [6.45, 7) is 13.6. The molecule has 0 saturated carbocycles. The second-order valence-electron chi connectivity index (χ2n) is 8.93. The van der Waals surface area contributed by atoms with E-state index < -0.39 is 53.5 Å². The van der Waals surface area contributed by atoms with E-state index in [0.717, 1.165) is 11.1 Å². The molecule has 0 amide bonds. The Morgan fingerprint density at radius 2 is 1.90 bits per heavy atom. The van der Waals surface area contributed by atoms with Crippen LogP contribution in [0, 0.1) is 17.8 Å². The Morgan fingerprint density at radius 1 is 1.27 bits per heavy atom. The third kappa shape index (κ3) is 3.40. The minimum atomic E-state index is -1.65. The standard InChI is InChI=1S/C23H28O7/c1-10(2)20(25)28-15-9-13(6)16-14(24)8-12(5)17(16)19-18(15)23(7,22(27)29-19)30-21(26)11(3)4/h8,11,15,17-19H,1,9H2,2-7H3. The lowest BCUT2D eigenvalue weighted by molar-refractivity contribution is -0.180. The molecule has 1 aliphatic heterocycles. The topological polar surface area (TPSA) is 96.0 Å². The van der Waals surface area contributed by atoms with Crippen molar-refractivity contribution in [3.8, 4) is 0 Å². The average molecular weight is 416 g/mol. The Labute approximate surface area is 176 Å². The second kappa shape index (κ2) is 7.52. The quantitative estimate of drug-likeness (QED) is 0.395. The molecule has 7 nitrogen and oxygen atoms in total. The summed E-state index contributed by atoms with van der Waals surface area (Å²) in [5.74, 6) is -3.69. The van der Waals surface area contributed by atoms with E-state index in [1.54, 1.807) is 19.9 Å². The maximum atomic E-state index is 13.0. The van der Waals surface area contributed by atoms with Gasteiger partial charge in [0.15, 0.2) is 5.78 Å². The van der Waals surface area contributed by atoms with Crippen LogP contribution >= 0.6 is 0 Å². The van der Waals surface area contributed by atoms with Crippen molar-refractivity contribution in [2.45, 2.75) is 65.8 Å². The zero-order valence-corrected chi connectivity index (χ0v) is 18.2. The smallest absolute Gasteiger partial charge is 0.351 e. The number of rotatable bonds is 4. The Bertz CT molecular complexity index is 907. The van der Waals surface area contributed by atoms with Crippen molar-refractivity contribution in [3.05, 3.63) is 34.9 Å². The molecule has 0 aromatic heterocycles. The second-order valence-corrected chi connectivity index (χ2v) is 8.93. The van der Waals surface area contributed by atoms with Crippen molar-refractivity contribution in [2.75, 3.05) is 0 Å². The van der Waals surface area contributed by atoms with Crippen LogP contribution in [0.25, 0.3) is 0 Å². The summed E-state index contributed by atoms with van der Waals surface area (Å²) in [6, 6.07) is 0. The molecule has 1 fully saturated rings. The first kappa shape index (κ1) is 22.0. The van der Waals surface area contributed by atoms with E-state index in [1.165, 1.54) is 13.8 Å². The summed E-state index contributed by atoms with van der Waals surface area (Å²) in [4.78, 5) is 50.4. The molecule has 0 aromatic rings. The van der Waals surface area contributed by atoms with Gasteiger partial charge in [-0.1, -0.05) is 31.6 Å². The van der Waals surface area contributed by atoms with Crippen molar-refractivity contribution < 1.29 is 33.4 Å². The van der Waals surface area contributed by atoms with Gasteiger partial charge in [0.25, 0.3) is 0 Å². The molecule has 162 valence electrons. The fraction of sp³-hybridized carbons (Fsp3) is 0.565. The Balaban J connectivity index is 2.12. The first-order valence-electron chi connectivity index (χ1n) is 10.1. The van der Waals surface area contributed by atoms with Crippen molar-refractivity contribution in [1.29, 1.82) is 0 Å². The van der Waals surface area contributed by atoms with Crippen LogP contribution in [0.2, 0.25) is 0 Å². The van der Waals surface area contributed by atoms with Gasteiger partial charge in [0.05, 0.1) is 11.8 Å². The number of ketones is 1. The monoisotopic (exact) mass is 416 g/mol.